The molecule has 4 rings (SSSR count). The highest BCUT2D eigenvalue weighted by Gasteiger charge is 2.38. The van der Waals surface area contributed by atoms with E-state index in [4.69, 9.17) is 5.11 Å². The van der Waals surface area contributed by atoms with Crippen LogP contribution in [0.5, 0.6) is 0 Å². The summed E-state index contributed by atoms with van der Waals surface area (Å²) in [5.41, 5.74) is 1.10. The predicted molar refractivity (Wildman–Crippen MR) is 119 cm³/mol. The van der Waals surface area contributed by atoms with Crippen molar-refractivity contribution in [2.45, 2.75) is 32.7 Å². The van der Waals surface area contributed by atoms with Crippen molar-refractivity contribution in [3.8, 4) is 0 Å². The zero-order valence-electron chi connectivity index (χ0n) is 18.6. The van der Waals surface area contributed by atoms with Crippen molar-refractivity contribution < 1.29 is 23.4 Å². The van der Waals surface area contributed by atoms with Crippen LogP contribution in [0.25, 0.3) is 10.9 Å². The summed E-state index contributed by atoms with van der Waals surface area (Å²) in [4.78, 5) is 6.61. The Morgan fingerprint density at radius 2 is 1.97 bits per heavy atom. The molecule has 0 aliphatic carbocycles. The number of aryl methyl sites for hydroxylation is 1. The molecule has 3 aromatic rings. The number of anilines is 2. The lowest BCUT2D eigenvalue weighted by Crippen LogP contribution is -2.56. The first-order valence-electron chi connectivity index (χ1n) is 10.6. The number of aromatic nitrogens is 3. The zero-order valence-corrected chi connectivity index (χ0v) is 18.6. The molecular formula is C23H26F3N5O2. The van der Waals surface area contributed by atoms with Gasteiger partial charge in [0, 0.05) is 29.5 Å². The van der Waals surface area contributed by atoms with E-state index in [0.29, 0.717) is 35.5 Å². The van der Waals surface area contributed by atoms with E-state index in [2.05, 4.69) is 25.4 Å². The summed E-state index contributed by atoms with van der Waals surface area (Å²) in [6.45, 7) is 5.40. The van der Waals surface area contributed by atoms with Crippen molar-refractivity contribution in [1.29, 1.82) is 0 Å². The van der Waals surface area contributed by atoms with E-state index in [0.717, 1.165) is 11.8 Å². The van der Waals surface area contributed by atoms with Crippen LogP contribution in [0.4, 0.5) is 24.7 Å². The molecule has 1 aliphatic heterocycles. The Labute approximate surface area is 189 Å². The van der Waals surface area contributed by atoms with Crippen molar-refractivity contribution >= 4 is 22.4 Å². The number of halogens is 3. The molecule has 176 valence electrons. The van der Waals surface area contributed by atoms with E-state index in [1.54, 1.807) is 20.0 Å². The van der Waals surface area contributed by atoms with Gasteiger partial charge in [0.1, 0.15) is 12.4 Å². The van der Waals surface area contributed by atoms with Gasteiger partial charge < -0.3 is 20.4 Å². The number of hydrogen-bond acceptors (Lipinski definition) is 7. The summed E-state index contributed by atoms with van der Waals surface area (Å²) < 4.78 is 42.8. The number of pyridine rings is 1. The second-order valence-corrected chi connectivity index (χ2v) is 8.99. The smallest absolute Gasteiger partial charge is 0.298 e. The number of fused-ring (bicyclic) bond motifs is 1. The van der Waals surface area contributed by atoms with Crippen LogP contribution in [-0.4, -0.2) is 51.7 Å². The molecule has 33 heavy (non-hydrogen) atoms. The largest absolute Gasteiger partial charge is 0.396 e. The molecule has 0 saturated carbocycles. The molecule has 1 saturated heterocycles. The third-order valence-electron chi connectivity index (χ3n) is 6.10. The van der Waals surface area contributed by atoms with Gasteiger partial charge in [0.2, 0.25) is 0 Å². The highest BCUT2D eigenvalue weighted by molar-refractivity contribution is 5.92. The van der Waals surface area contributed by atoms with E-state index >= 15 is 0 Å². The number of aliphatic hydroxyl groups is 2. The molecule has 7 nitrogen and oxygen atoms in total. The normalized spacial score (nSPS) is 16.5. The van der Waals surface area contributed by atoms with Crippen molar-refractivity contribution in [2.24, 2.45) is 5.41 Å². The topological polar surface area (TPSA) is 94.4 Å². The number of nitrogens with one attached hydrogen (secondary N) is 1. The third kappa shape index (κ3) is 4.20. The van der Waals surface area contributed by atoms with E-state index in [9.17, 15) is 18.3 Å². The summed E-state index contributed by atoms with van der Waals surface area (Å²) in [7, 11) is 0. The predicted octanol–water partition coefficient (Wildman–Crippen LogP) is 3.55. The van der Waals surface area contributed by atoms with Crippen LogP contribution in [-0.2, 0) is 5.92 Å². The van der Waals surface area contributed by atoms with Crippen LogP contribution in [0.15, 0.2) is 30.5 Å². The van der Waals surface area contributed by atoms with Crippen LogP contribution in [0, 0.1) is 18.2 Å². The number of benzene rings is 1. The first-order chi connectivity index (χ1) is 15.6. The molecule has 0 bridgehead atoms. The molecule has 3 N–H and O–H groups in total. The highest BCUT2D eigenvalue weighted by atomic mass is 19.3. The second kappa shape index (κ2) is 8.42. The van der Waals surface area contributed by atoms with E-state index in [-0.39, 0.29) is 17.6 Å². The van der Waals surface area contributed by atoms with Gasteiger partial charge in [-0.3, -0.25) is 4.98 Å². The van der Waals surface area contributed by atoms with Crippen LogP contribution in [0.1, 0.15) is 36.7 Å². The molecule has 0 spiro atoms. The molecule has 0 unspecified atom stereocenters. The summed E-state index contributed by atoms with van der Waals surface area (Å²) >= 11 is 0. The quantitative estimate of drug-likeness (QED) is 0.495. The average molecular weight is 461 g/mol. The minimum absolute atomic E-state index is 0.0155. The van der Waals surface area contributed by atoms with E-state index in [1.165, 1.54) is 12.1 Å². The summed E-state index contributed by atoms with van der Waals surface area (Å²) in [5, 5.41) is 30.5. The Morgan fingerprint density at radius 3 is 2.64 bits per heavy atom. The standard InChI is InChI=1S/C23H26F3N5O2/c1-13(16-5-4-6-18(19(16)24)23(25,26)12-33)28-21-17-7-15(31-9-22(3,10-31)11-32)8-27-20(17)14(2)29-30-21/h4-8,13,32-33H,9-12H2,1-3H3,(H,28,30)/t13-/m1/s1. The average Bonchev–Trinajstić information content (AvgIpc) is 2.78. The lowest BCUT2D eigenvalue weighted by molar-refractivity contribution is -0.0583. The monoisotopic (exact) mass is 461 g/mol. The van der Waals surface area contributed by atoms with Gasteiger partial charge in [0.05, 0.1) is 41.3 Å². The first-order valence-corrected chi connectivity index (χ1v) is 10.6. The first kappa shape index (κ1) is 23.2. The van der Waals surface area contributed by atoms with Gasteiger partial charge in [0.15, 0.2) is 5.82 Å². The molecule has 1 aliphatic rings. The van der Waals surface area contributed by atoms with Crippen molar-refractivity contribution in [2.75, 3.05) is 36.5 Å². The Balaban J connectivity index is 1.67. The van der Waals surface area contributed by atoms with Gasteiger partial charge in [-0.05, 0) is 26.0 Å². The Bertz CT molecular complexity index is 1180. The lowest BCUT2D eigenvalue weighted by atomic mass is 9.82. The lowest BCUT2D eigenvalue weighted by Gasteiger charge is -2.48. The molecular weight excluding hydrogens is 435 g/mol. The molecule has 2 aromatic heterocycles. The third-order valence-corrected chi connectivity index (χ3v) is 6.10. The number of alkyl halides is 2. The van der Waals surface area contributed by atoms with Gasteiger partial charge in [-0.25, -0.2) is 4.39 Å². The zero-order chi connectivity index (χ0) is 24.0. The van der Waals surface area contributed by atoms with Crippen LogP contribution < -0.4 is 10.2 Å². The molecule has 1 aromatic carbocycles. The second-order valence-electron chi connectivity index (χ2n) is 8.99. The Morgan fingerprint density at radius 1 is 1.24 bits per heavy atom. The van der Waals surface area contributed by atoms with Gasteiger partial charge in [-0.15, -0.1) is 5.10 Å². The number of hydrogen-bond donors (Lipinski definition) is 3. The maximum Gasteiger partial charge on any atom is 0.298 e. The van der Waals surface area contributed by atoms with Crippen LogP contribution >= 0.6 is 0 Å². The fourth-order valence-electron chi connectivity index (χ4n) is 4.12. The molecule has 0 radical (unpaired) electrons. The van der Waals surface area contributed by atoms with E-state index < -0.39 is 30.0 Å². The SMILES string of the molecule is Cc1nnc(N[C@H](C)c2cccc(C(F)(F)CO)c2F)c2cc(N3CC(C)(CO)C3)cnc12. The fourth-order valence-corrected chi connectivity index (χ4v) is 4.12. The van der Waals surface area contributed by atoms with Crippen molar-refractivity contribution in [1.82, 2.24) is 15.2 Å². The van der Waals surface area contributed by atoms with Gasteiger partial charge in [0.25, 0.3) is 5.92 Å². The highest BCUT2D eigenvalue weighted by Crippen LogP contribution is 2.37. The number of nitrogens with zero attached hydrogens (tertiary/aromatic N) is 4. The molecule has 3 heterocycles. The minimum Gasteiger partial charge on any atom is -0.396 e. The minimum atomic E-state index is -3.69. The van der Waals surface area contributed by atoms with Crippen molar-refractivity contribution in [3.63, 3.8) is 0 Å². The number of rotatable bonds is 7. The van der Waals surface area contributed by atoms with Crippen LogP contribution in [0.2, 0.25) is 0 Å². The summed E-state index contributed by atoms with van der Waals surface area (Å²) in [5.74, 6) is -4.42. The molecule has 10 heteroatoms. The van der Waals surface area contributed by atoms with E-state index in [1.807, 2.05) is 13.0 Å². The molecule has 1 atom stereocenters. The molecule has 1 fully saturated rings. The summed E-state index contributed by atoms with van der Waals surface area (Å²) in [6, 6.07) is 4.89. The number of aliphatic hydroxyl groups excluding tert-OH is 2. The summed E-state index contributed by atoms with van der Waals surface area (Å²) in [6.07, 6.45) is 1.74. The fraction of sp³-hybridized carbons (Fsp3) is 0.435. The Hall–Kier alpha value is -2.98. The Kier molecular flexibility index (Phi) is 5.92. The molecule has 0 amide bonds. The maximum atomic E-state index is 14.9. The van der Waals surface area contributed by atoms with Gasteiger partial charge >= 0.3 is 0 Å². The van der Waals surface area contributed by atoms with Gasteiger partial charge in [-0.1, -0.05) is 19.1 Å². The van der Waals surface area contributed by atoms with Crippen molar-refractivity contribution in [3.05, 3.63) is 53.1 Å². The van der Waals surface area contributed by atoms with Crippen LogP contribution in [0.3, 0.4) is 0 Å². The maximum absolute atomic E-state index is 14.9. The van der Waals surface area contributed by atoms with Gasteiger partial charge in [-0.2, -0.15) is 13.9 Å².